The summed E-state index contributed by atoms with van der Waals surface area (Å²) >= 11 is 0. The first-order chi connectivity index (χ1) is 10.2. The summed E-state index contributed by atoms with van der Waals surface area (Å²) in [5, 5.41) is 13.5. The zero-order valence-corrected chi connectivity index (χ0v) is 10.9. The van der Waals surface area contributed by atoms with Gasteiger partial charge in [0.2, 0.25) is 0 Å². The molecule has 0 bridgehead atoms. The second-order valence-corrected chi connectivity index (χ2v) is 4.45. The van der Waals surface area contributed by atoms with Crippen molar-refractivity contribution in [1.29, 1.82) is 5.26 Å². The summed E-state index contributed by atoms with van der Waals surface area (Å²) in [5.74, 6) is -0.860. The molecule has 0 saturated carbocycles. The highest BCUT2D eigenvalue weighted by atomic mass is 16.2. The van der Waals surface area contributed by atoms with Gasteiger partial charge in [0.1, 0.15) is 0 Å². The molecule has 5 nitrogen and oxygen atoms in total. The highest BCUT2D eigenvalue weighted by molar-refractivity contribution is 6.21. The first-order valence-electron chi connectivity index (χ1n) is 6.22. The fourth-order valence-corrected chi connectivity index (χ4v) is 2.05. The van der Waals surface area contributed by atoms with Crippen LogP contribution in [0.25, 0.3) is 0 Å². The lowest BCUT2D eigenvalue weighted by molar-refractivity contribution is 0.0660. The van der Waals surface area contributed by atoms with Crippen LogP contribution >= 0.6 is 0 Å². The van der Waals surface area contributed by atoms with Gasteiger partial charge in [-0.05, 0) is 29.8 Å². The van der Waals surface area contributed by atoms with Crippen molar-refractivity contribution in [3.63, 3.8) is 0 Å². The Labute approximate surface area is 120 Å². The van der Waals surface area contributed by atoms with Crippen molar-refractivity contribution in [3.05, 3.63) is 70.8 Å². The Kier molecular flexibility index (Phi) is 3.05. The number of rotatable bonds is 2. The molecule has 0 N–H and O–H groups in total. The maximum absolute atomic E-state index is 12.1. The van der Waals surface area contributed by atoms with Crippen LogP contribution in [0.5, 0.6) is 0 Å². The van der Waals surface area contributed by atoms with Gasteiger partial charge < -0.3 is 0 Å². The van der Waals surface area contributed by atoms with E-state index in [0.717, 1.165) is 5.01 Å². The predicted octanol–water partition coefficient (Wildman–Crippen LogP) is 2.19. The second-order valence-electron chi connectivity index (χ2n) is 4.45. The van der Waals surface area contributed by atoms with Gasteiger partial charge in [-0.2, -0.15) is 15.4 Å². The number of hydrazone groups is 1. The Hall–Kier alpha value is -3.26. The van der Waals surface area contributed by atoms with Gasteiger partial charge in [-0.1, -0.05) is 24.3 Å². The SMILES string of the molecule is N#Cc1ccc(/C=N\N2C(=O)c3ccccc3C2=O)cc1. The number of benzene rings is 2. The lowest BCUT2D eigenvalue weighted by Crippen LogP contribution is -2.23. The summed E-state index contributed by atoms with van der Waals surface area (Å²) in [6, 6.07) is 15.3. The van der Waals surface area contributed by atoms with Crippen LogP contribution in [0, 0.1) is 11.3 Å². The third kappa shape index (κ3) is 2.19. The van der Waals surface area contributed by atoms with E-state index in [4.69, 9.17) is 5.26 Å². The molecule has 2 amide bonds. The number of fused-ring (bicyclic) bond motifs is 1. The molecule has 0 fully saturated rings. The van der Waals surface area contributed by atoms with Gasteiger partial charge in [0.15, 0.2) is 0 Å². The van der Waals surface area contributed by atoms with E-state index in [0.29, 0.717) is 22.3 Å². The summed E-state index contributed by atoms with van der Waals surface area (Å²) in [4.78, 5) is 24.2. The molecule has 0 saturated heterocycles. The molecule has 0 aromatic heterocycles. The number of imide groups is 1. The van der Waals surface area contributed by atoms with E-state index in [1.807, 2.05) is 6.07 Å². The number of amides is 2. The summed E-state index contributed by atoms with van der Waals surface area (Å²) < 4.78 is 0. The largest absolute Gasteiger partial charge is 0.282 e. The molecule has 2 aromatic rings. The lowest BCUT2D eigenvalue weighted by atomic mass is 10.1. The van der Waals surface area contributed by atoms with Crippen molar-refractivity contribution in [3.8, 4) is 6.07 Å². The average Bonchev–Trinajstić information content (AvgIpc) is 2.78. The minimum atomic E-state index is -0.430. The number of hydrogen-bond acceptors (Lipinski definition) is 4. The van der Waals surface area contributed by atoms with E-state index in [9.17, 15) is 9.59 Å². The van der Waals surface area contributed by atoms with Crippen molar-refractivity contribution >= 4 is 18.0 Å². The van der Waals surface area contributed by atoms with Crippen molar-refractivity contribution in [1.82, 2.24) is 5.01 Å². The summed E-state index contributed by atoms with van der Waals surface area (Å²) in [6.07, 6.45) is 1.42. The van der Waals surface area contributed by atoms with E-state index >= 15 is 0 Å². The third-order valence-electron chi connectivity index (χ3n) is 3.13. The molecule has 5 heteroatoms. The molecular formula is C16H9N3O2. The summed E-state index contributed by atoms with van der Waals surface area (Å²) in [5.41, 5.74) is 1.96. The first-order valence-corrected chi connectivity index (χ1v) is 6.22. The third-order valence-corrected chi connectivity index (χ3v) is 3.13. The lowest BCUT2D eigenvalue weighted by Gasteiger charge is -2.05. The van der Waals surface area contributed by atoms with Crippen LogP contribution in [0.1, 0.15) is 31.8 Å². The minimum Gasteiger partial charge on any atom is -0.267 e. The van der Waals surface area contributed by atoms with Crippen LogP contribution in [0.3, 0.4) is 0 Å². The number of carbonyl (C=O) groups excluding carboxylic acids is 2. The zero-order valence-electron chi connectivity index (χ0n) is 10.9. The monoisotopic (exact) mass is 275 g/mol. The summed E-state index contributed by atoms with van der Waals surface area (Å²) in [6.45, 7) is 0. The number of nitriles is 1. The molecule has 0 aliphatic carbocycles. The van der Waals surface area contributed by atoms with E-state index in [-0.39, 0.29) is 0 Å². The number of carbonyl (C=O) groups is 2. The Morgan fingerprint density at radius 3 is 2.05 bits per heavy atom. The van der Waals surface area contributed by atoms with Crippen LogP contribution in [-0.2, 0) is 0 Å². The highest BCUT2D eigenvalue weighted by Crippen LogP contribution is 2.22. The maximum atomic E-state index is 12.1. The van der Waals surface area contributed by atoms with Gasteiger partial charge in [-0.3, -0.25) is 9.59 Å². The molecule has 0 spiro atoms. The quantitative estimate of drug-likeness (QED) is 0.623. The van der Waals surface area contributed by atoms with Crippen LogP contribution < -0.4 is 0 Å². The molecule has 3 rings (SSSR count). The number of hydrogen-bond donors (Lipinski definition) is 0. The van der Waals surface area contributed by atoms with Crippen LogP contribution in [-0.4, -0.2) is 23.0 Å². The molecule has 1 aliphatic rings. The van der Waals surface area contributed by atoms with Crippen molar-refractivity contribution in [2.75, 3.05) is 0 Å². The number of nitrogens with zero attached hydrogens (tertiary/aromatic N) is 3. The molecule has 21 heavy (non-hydrogen) atoms. The maximum Gasteiger partial charge on any atom is 0.282 e. The van der Waals surface area contributed by atoms with Crippen LogP contribution in [0.15, 0.2) is 53.6 Å². The molecule has 0 unspecified atom stereocenters. The van der Waals surface area contributed by atoms with Gasteiger partial charge in [-0.15, -0.1) is 0 Å². The Morgan fingerprint density at radius 2 is 1.52 bits per heavy atom. The average molecular weight is 275 g/mol. The highest BCUT2D eigenvalue weighted by Gasteiger charge is 2.35. The summed E-state index contributed by atoms with van der Waals surface area (Å²) in [7, 11) is 0. The normalized spacial score (nSPS) is 13.6. The first kappa shape index (κ1) is 12.8. The van der Waals surface area contributed by atoms with Crippen molar-refractivity contribution in [2.45, 2.75) is 0 Å². The molecule has 0 atom stereocenters. The van der Waals surface area contributed by atoms with E-state index in [2.05, 4.69) is 5.10 Å². The molecule has 1 heterocycles. The Bertz CT molecular complexity index is 766. The Balaban J connectivity index is 1.86. The zero-order chi connectivity index (χ0) is 14.8. The minimum absolute atomic E-state index is 0.361. The molecular weight excluding hydrogens is 266 g/mol. The van der Waals surface area contributed by atoms with E-state index in [1.54, 1.807) is 48.5 Å². The van der Waals surface area contributed by atoms with Gasteiger partial charge in [-0.25, -0.2) is 0 Å². The smallest absolute Gasteiger partial charge is 0.267 e. The topological polar surface area (TPSA) is 73.5 Å². The van der Waals surface area contributed by atoms with Gasteiger partial charge in [0.25, 0.3) is 11.8 Å². The standard InChI is InChI=1S/C16H9N3O2/c17-9-11-5-7-12(8-6-11)10-18-19-15(20)13-3-1-2-4-14(13)16(19)21/h1-8,10H/b18-10-. The van der Waals surface area contributed by atoms with Gasteiger partial charge in [0.05, 0.1) is 29.0 Å². The molecule has 1 aliphatic heterocycles. The second kappa shape index (κ2) is 5.02. The fourth-order valence-electron chi connectivity index (χ4n) is 2.05. The van der Waals surface area contributed by atoms with Crippen LogP contribution in [0.2, 0.25) is 0 Å². The van der Waals surface area contributed by atoms with Gasteiger partial charge in [0, 0.05) is 0 Å². The van der Waals surface area contributed by atoms with E-state index in [1.165, 1.54) is 6.21 Å². The molecule has 100 valence electrons. The predicted molar refractivity (Wildman–Crippen MR) is 75.7 cm³/mol. The van der Waals surface area contributed by atoms with Crippen molar-refractivity contribution in [2.24, 2.45) is 5.10 Å². The van der Waals surface area contributed by atoms with E-state index < -0.39 is 11.8 Å². The Morgan fingerprint density at radius 1 is 0.952 bits per heavy atom. The molecule has 0 radical (unpaired) electrons. The van der Waals surface area contributed by atoms with Crippen LogP contribution in [0.4, 0.5) is 0 Å². The van der Waals surface area contributed by atoms with Crippen molar-refractivity contribution < 1.29 is 9.59 Å². The van der Waals surface area contributed by atoms with Gasteiger partial charge >= 0.3 is 0 Å². The molecule has 2 aromatic carbocycles. The fraction of sp³-hybridized carbons (Fsp3) is 0.